The molecular weight excluding hydrogens is 322 g/mol. The first-order chi connectivity index (χ1) is 11.6. The molecular formula is C18H21N3O2S. The monoisotopic (exact) mass is 343 g/mol. The van der Waals surface area contributed by atoms with Crippen LogP contribution < -0.4 is 10.9 Å². The Morgan fingerprint density at radius 3 is 2.92 bits per heavy atom. The fraction of sp³-hybridized carbons (Fsp3) is 0.500. The van der Waals surface area contributed by atoms with E-state index in [1.54, 1.807) is 17.4 Å². The highest BCUT2D eigenvalue weighted by molar-refractivity contribution is 7.11. The smallest absolute Gasteiger partial charge is 0.261 e. The largest absolute Gasteiger partial charge is 0.343 e. The van der Waals surface area contributed by atoms with Gasteiger partial charge in [0.2, 0.25) is 0 Å². The van der Waals surface area contributed by atoms with Gasteiger partial charge in [0, 0.05) is 10.6 Å². The van der Waals surface area contributed by atoms with Gasteiger partial charge in [-0.2, -0.15) is 0 Å². The molecule has 2 N–H and O–H groups in total. The molecule has 0 saturated carbocycles. The average molecular weight is 343 g/mol. The molecule has 2 heterocycles. The number of hydrogen-bond donors (Lipinski definition) is 2. The number of aromatic nitrogens is 2. The number of rotatable bonds is 3. The number of nitrogens with zero attached hydrogens (tertiary/aromatic N) is 1. The molecule has 1 atom stereocenters. The molecule has 5 nitrogen and oxygen atoms in total. The van der Waals surface area contributed by atoms with E-state index in [1.165, 1.54) is 23.4 Å². The van der Waals surface area contributed by atoms with Crippen molar-refractivity contribution >= 4 is 17.2 Å². The summed E-state index contributed by atoms with van der Waals surface area (Å²) < 4.78 is 0. The number of hydrogen-bond acceptors (Lipinski definition) is 4. The number of aromatic amines is 1. The van der Waals surface area contributed by atoms with Crippen molar-refractivity contribution in [2.45, 2.75) is 57.9 Å². The van der Waals surface area contributed by atoms with Crippen LogP contribution in [0, 0.1) is 0 Å². The van der Waals surface area contributed by atoms with Crippen molar-refractivity contribution in [1.29, 1.82) is 0 Å². The molecule has 24 heavy (non-hydrogen) atoms. The van der Waals surface area contributed by atoms with Gasteiger partial charge < -0.3 is 10.3 Å². The number of carbonyl (C=O) groups excluding carboxylic acids is 1. The maximum absolute atomic E-state index is 12.5. The van der Waals surface area contributed by atoms with Crippen LogP contribution in [0.1, 0.15) is 69.4 Å². The van der Waals surface area contributed by atoms with E-state index in [4.69, 9.17) is 4.98 Å². The van der Waals surface area contributed by atoms with Gasteiger partial charge in [-0.25, -0.2) is 4.98 Å². The Kier molecular flexibility index (Phi) is 4.00. The van der Waals surface area contributed by atoms with Crippen LogP contribution >= 0.6 is 11.3 Å². The Morgan fingerprint density at radius 2 is 2.08 bits per heavy atom. The van der Waals surface area contributed by atoms with Crippen LogP contribution in [0.2, 0.25) is 0 Å². The second kappa shape index (κ2) is 6.16. The van der Waals surface area contributed by atoms with Crippen LogP contribution in [0.3, 0.4) is 0 Å². The van der Waals surface area contributed by atoms with Gasteiger partial charge in [-0.3, -0.25) is 9.59 Å². The van der Waals surface area contributed by atoms with E-state index in [0.29, 0.717) is 0 Å². The minimum Gasteiger partial charge on any atom is -0.343 e. The van der Waals surface area contributed by atoms with E-state index in [2.05, 4.69) is 10.3 Å². The molecule has 0 bridgehead atoms. The minimum atomic E-state index is -0.313. The average Bonchev–Trinajstić information content (AvgIpc) is 3.19. The molecule has 0 saturated heterocycles. The number of H-pyrrole nitrogens is 1. The molecule has 0 aromatic carbocycles. The van der Waals surface area contributed by atoms with Crippen molar-refractivity contribution in [3.05, 3.63) is 48.8 Å². The lowest BCUT2D eigenvalue weighted by atomic mass is 10.0. The lowest BCUT2D eigenvalue weighted by molar-refractivity contribution is 0.0938. The number of fused-ring (bicyclic) bond motifs is 2. The van der Waals surface area contributed by atoms with E-state index < -0.39 is 0 Å². The fourth-order valence-electron chi connectivity index (χ4n) is 3.58. The fourth-order valence-corrected chi connectivity index (χ4v) is 4.73. The highest BCUT2D eigenvalue weighted by atomic mass is 32.1. The highest BCUT2D eigenvalue weighted by Crippen LogP contribution is 2.29. The first kappa shape index (κ1) is 15.6. The van der Waals surface area contributed by atoms with Gasteiger partial charge in [-0.1, -0.05) is 0 Å². The van der Waals surface area contributed by atoms with Gasteiger partial charge in [0.25, 0.3) is 11.5 Å². The van der Waals surface area contributed by atoms with Crippen molar-refractivity contribution in [3.8, 4) is 0 Å². The molecule has 2 aromatic heterocycles. The highest BCUT2D eigenvalue weighted by Gasteiger charge is 2.22. The lowest BCUT2D eigenvalue weighted by Crippen LogP contribution is -2.32. The van der Waals surface area contributed by atoms with Crippen molar-refractivity contribution < 1.29 is 4.79 Å². The van der Waals surface area contributed by atoms with Crippen molar-refractivity contribution in [1.82, 2.24) is 15.3 Å². The van der Waals surface area contributed by atoms with Crippen molar-refractivity contribution in [3.63, 3.8) is 0 Å². The molecule has 2 aliphatic carbocycles. The van der Waals surface area contributed by atoms with Crippen LogP contribution in [0.5, 0.6) is 0 Å². The molecule has 126 valence electrons. The number of aryl methyl sites for hydroxylation is 4. The Labute approximate surface area is 144 Å². The summed E-state index contributed by atoms with van der Waals surface area (Å²) in [6.07, 6.45) is 7.42. The molecule has 2 aliphatic rings. The Balaban J connectivity index is 1.53. The molecule has 4 rings (SSSR count). The predicted molar refractivity (Wildman–Crippen MR) is 93.7 cm³/mol. The van der Waals surface area contributed by atoms with E-state index in [1.807, 2.05) is 6.92 Å². The van der Waals surface area contributed by atoms with Crippen LogP contribution in [-0.2, 0) is 25.7 Å². The number of carbonyl (C=O) groups is 1. The summed E-state index contributed by atoms with van der Waals surface area (Å²) in [4.78, 5) is 33.6. The van der Waals surface area contributed by atoms with E-state index in [9.17, 15) is 9.59 Å². The molecule has 6 heteroatoms. The second-order valence-corrected chi connectivity index (χ2v) is 7.81. The van der Waals surface area contributed by atoms with Gasteiger partial charge in [-0.15, -0.1) is 11.3 Å². The zero-order valence-electron chi connectivity index (χ0n) is 13.8. The Morgan fingerprint density at radius 1 is 1.25 bits per heavy atom. The minimum absolute atomic E-state index is 0.180. The third kappa shape index (κ3) is 2.79. The Hall–Kier alpha value is -1.95. The maximum atomic E-state index is 12.5. The molecule has 0 radical (unpaired) electrons. The third-order valence-corrected chi connectivity index (χ3v) is 6.25. The number of pyridine rings is 1. The molecule has 1 unspecified atom stereocenters. The summed E-state index contributed by atoms with van der Waals surface area (Å²) in [5.41, 5.74) is 3.19. The van der Waals surface area contributed by atoms with E-state index >= 15 is 0 Å². The van der Waals surface area contributed by atoms with Gasteiger partial charge in [0.05, 0.1) is 11.7 Å². The topological polar surface area (TPSA) is 74.8 Å². The van der Waals surface area contributed by atoms with Crippen LogP contribution in [0.4, 0.5) is 0 Å². The van der Waals surface area contributed by atoms with E-state index in [-0.39, 0.29) is 23.1 Å². The summed E-state index contributed by atoms with van der Waals surface area (Å²) in [5, 5.41) is 3.88. The lowest BCUT2D eigenvalue weighted by Gasteiger charge is -2.11. The number of amides is 1. The molecule has 1 amide bonds. The summed E-state index contributed by atoms with van der Waals surface area (Å²) in [7, 11) is 0. The third-order valence-electron chi connectivity index (χ3n) is 4.91. The van der Waals surface area contributed by atoms with Gasteiger partial charge in [0.1, 0.15) is 10.6 Å². The summed E-state index contributed by atoms with van der Waals surface area (Å²) in [5.74, 6) is -0.313. The summed E-state index contributed by atoms with van der Waals surface area (Å²) in [6.45, 7) is 1.93. The first-order valence-corrected chi connectivity index (χ1v) is 9.48. The zero-order chi connectivity index (χ0) is 16.7. The maximum Gasteiger partial charge on any atom is 0.261 e. The molecule has 2 aromatic rings. The number of thiazole rings is 1. The molecule has 0 fully saturated rings. The van der Waals surface area contributed by atoms with Crippen molar-refractivity contribution in [2.24, 2.45) is 0 Å². The standard InChI is InChI=1S/C18H21N3O2S/c1-10(18-21-14-6-2-3-8-15(14)24-18)19-16(22)12-9-11-5-4-7-13(11)20-17(12)23/h9-10H,2-8H2,1H3,(H,19,22)(H,20,23). The zero-order valence-corrected chi connectivity index (χ0v) is 14.6. The summed E-state index contributed by atoms with van der Waals surface area (Å²) >= 11 is 1.69. The quantitative estimate of drug-likeness (QED) is 0.900. The summed E-state index contributed by atoms with van der Waals surface area (Å²) in [6, 6.07) is 1.58. The van der Waals surface area contributed by atoms with Gasteiger partial charge >= 0.3 is 0 Å². The van der Waals surface area contributed by atoms with E-state index in [0.717, 1.165) is 48.4 Å². The van der Waals surface area contributed by atoms with Crippen LogP contribution in [0.15, 0.2) is 10.9 Å². The van der Waals surface area contributed by atoms with Crippen molar-refractivity contribution in [2.75, 3.05) is 0 Å². The Bertz CT molecular complexity index is 829. The number of nitrogens with one attached hydrogen (secondary N) is 2. The van der Waals surface area contributed by atoms with Crippen LogP contribution in [-0.4, -0.2) is 15.9 Å². The van der Waals surface area contributed by atoms with Gasteiger partial charge in [-0.05, 0) is 63.5 Å². The predicted octanol–water partition coefficient (Wildman–Crippen LogP) is 2.69. The van der Waals surface area contributed by atoms with Crippen LogP contribution in [0.25, 0.3) is 0 Å². The molecule has 0 spiro atoms. The SMILES string of the molecule is CC(NC(=O)c1cc2c([nH]c1=O)CCC2)c1nc2c(s1)CCCC2. The normalized spacial score (nSPS) is 17.2. The van der Waals surface area contributed by atoms with Gasteiger partial charge in [0.15, 0.2) is 0 Å². The second-order valence-electron chi connectivity index (χ2n) is 6.69. The first-order valence-electron chi connectivity index (χ1n) is 8.66. The molecule has 0 aliphatic heterocycles.